The van der Waals surface area contributed by atoms with Gasteiger partial charge in [-0.1, -0.05) is 23.7 Å². The topological polar surface area (TPSA) is 66.0 Å². The highest BCUT2D eigenvalue weighted by Gasteiger charge is 2.13. The van der Waals surface area contributed by atoms with Crippen LogP contribution in [0.3, 0.4) is 0 Å². The Kier molecular flexibility index (Phi) is 5.97. The SMILES string of the molecule is O=C(Cn1c(-c2ccc(Cl)cc2)n[nH]c1=S)NCc1ccc(N2CCCC2)cc1. The zero-order valence-electron chi connectivity index (χ0n) is 15.9. The Morgan fingerprint density at radius 1 is 1.10 bits per heavy atom. The fourth-order valence-electron chi connectivity index (χ4n) is 3.48. The Bertz CT molecular complexity index is 1040. The molecule has 2 aromatic carbocycles. The highest BCUT2D eigenvalue weighted by molar-refractivity contribution is 7.71. The molecule has 1 aliphatic heterocycles. The Morgan fingerprint density at radius 2 is 1.79 bits per heavy atom. The van der Waals surface area contributed by atoms with Gasteiger partial charge in [0.05, 0.1) is 0 Å². The van der Waals surface area contributed by atoms with Crippen molar-refractivity contribution < 1.29 is 4.79 Å². The minimum Gasteiger partial charge on any atom is -0.372 e. The van der Waals surface area contributed by atoms with Crippen LogP contribution in [0.25, 0.3) is 11.4 Å². The Labute approximate surface area is 179 Å². The minimum atomic E-state index is -0.124. The number of aromatic amines is 1. The maximum absolute atomic E-state index is 12.5. The molecule has 2 N–H and O–H groups in total. The average molecular weight is 428 g/mol. The van der Waals surface area contributed by atoms with Gasteiger partial charge < -0.3 is 10.2 Å². The third-order valence-corrected chi connectivity index (χ3v) is 5.62. The van der Waals surface area contributed by atoms with Crippen LogP contribution in [0.2, 0.25) is 5.02 Å². The molecule has 3 aromatic rings. The number of halogens is 1. The third kappa shape index (κ3) is 4.68. The van der Waals surface area contributed by atoms with Crippen molar-refractivity contribution in [2.24, 2.45) is 0 Å². The van der Waals surface area contributed by atoms with Gasteiger partial charge in [0, 0.05) is 35.9 Å². The molecule has 1 fully saturated rings. The first-order valence-corrected chi connectivity index (χ1v) is 10.4. The van der Waals surface area contributed by atoms with Gasteiger partial charge in [0.25, 0.3) is 0 Å². The number of aromatic nitrogens is 3. The van der Waals surface area contributed by atoms with Gasteiger partial charge in [-0.15, -0.1) is 0 Å². The summed E-state index contributed by atoms with van der Waals surface area (Å²) in [7, 11) is 0. The van der Waals surface area contributed by atoms with Crippen LogP contribution >= 0.6 is 23.8 Å². The van der Waals surface area contributed by atoms with Crippen molar-refractivity contribution in [1.82, 2.24) is 20.1 Å². The first-order valence-electron chi connectivity index (χ1n) is 9.62. The molecule has 0 radical (unpaired) electrons. The maximum Gasteiger partial charge on any atom is 0.240 e. The van der Waals surface area contributed by atoms with Crippen molar-refractivity contribution >= 4 is 35.4 Å². The molecule has 0 bridgehead atoms. The summed E-state index contributed by atoms with van der Waals surface area (Å²) in [6.07, 6.45) is 2.51. The molecule has 0 spiro atoms. The molecule has 6 nitrogen and oxygen atoms in total. The van der Waals surface area contributed by atoms with Crippen molar-refractivity contribution in [3.8, 4) is 11.4 Å². The molecule has 0 unspecified atom stereocenters. The maximum atomic E-state index is 12.5. The molecule has 1 amide bonds. The van der Waals surface area contributed by atoms with Gasteiger partial charge in [-0.05, 0) is 67.0 Å². The number of carbonyl (C=O) groups is 1. The molecule has 0 atom stereocenters. The lowest BCUT2D eigenvalue weighted by molar-refractivity contribution is -0.121. The van der Waals surface area contributed by atoms with Crippen molar-refractivity contribution in [3.63, 3.8) is 0 Å². The number of nitrogens with zero attached hydrogens (tertiary/aromatic N) is 3. The zero-order chi connectivity index (χ0) is 20.2. The molecule has 8 heteroatoms. The van der Waals surface area contributed by atoms with Crippen molar-refractivity contribution in [3.05, 3.63) is 63.9 Å². The molecule has 0 saturated carbocycles. The van der Waals surface area contributed by atoms with Gasteiger partial charge in [0.1, 0.15) is 6.54 Å². The number of amides is 1. The number of carbonyl (C=O) groups excluding carboxylic acids is 1. The number of hydrogen-bond donors (Lipinski definition) is 2. The summed E-state index contributed by atoms with van der Waals surface area (Å²) < 4.78 is 2.09. The lowest BCUT2D eigenvalue weighted by Gasteiger charge is -2.17. The van der Waals surface area contributed by atoms with Crippen LogP contribution in [0, 0.1) is 4.77 Å². The highest BCUT2D eigenvalue weighted by Crippen LogP contribution is 2.21. The Hall–Kier alpha value is -2.64. The second-order valence-electron chi connectivity index (χ2n) is 7.08. The summed E-state index contributed by atoms with van der Waals surface area (Å²) in [6.45, 7) is 2.81. The number of rotatable bonds is 6. The number of anilines is 1. The Balaban J connectivity index is 1.38. The molecule has 1 saturated heterocycles. The van der Waals surface area contributed by atoms with Crippen LogP contribution in [-0.2, 0) is 17.9 Å². The standard InChI is InChI=1S/C21H22ClN5OS/c22-17-7-5-16(6-8-17)20-24-25-21(29)27(20)14-19(28)23-13-15-3-9-18(10-4-15)26-11-1-2-12-26/h3-10H,1-2,11-14H2,(H,23,28)(H,25,29). The van der Waals surface area contributed by atoms with E-state index in [9.17, 15) is 4.79 Å². The molecule has 0 aliphatic carbocycles. The van der Waals surface area contributed by atoms with E-state index in [4.69, 9.17) is 23.8 Å². The monoisotopic (exact) mass is 427 g/mol. The number of H-pyrrole nitrogens is 1. The molecule has 1 aromatic heterocycles. The molecule has 29 heavy (non-hydrogen) atoms. The van der Waals surface area contributed by atoms with Gasteiger partial charge in [0.2, 0.25) is 5.91 Å². The lowest BCUT2D eigenvalue weighted by Crippen LogP contribution is -2.27. The predicted molar refractivity (Wildman–Crippen MR) is 118 cm³/mol. The van der Waals surface area contributed by atoms with E-state index in [-0.39, 0.29) is 12.5 Å². The minimum absolute atomic E-state index is 0.0964. The van der Waals surface area contributed by atoms with E-state index in [2.05, 4.69) is 44.7 Å². The van der Waals surface area contributed by atoms with Gasteiger partial charge in [-0.25, -0.2) is 0 Å². The lowest BCUT2D eigenvalue weighted by atomic mass is 10.2. The van der Waals surface area contributed by atoms with E-state index in [1.807, 2.05) is 12.1 Å². The molecule has 150 valence electrons. The van der Waals surface area contributed by atoms with Crippen LogP contribution in [0.15, 0.2) is 48.5 Å². The molecule has 1 aliphatic rings. The van der Waals surface area contributed by atoms with Crippen LogP contribution in [0.4, 0.5) is 5.69 Å². The van der Waals surface area contributed by atoms with E-state index < -0.39 is 0 Å². The Morgan fingerprint density at radius 3 is 2.48 bits per heavy atom. The van der Waals surface area contributed by atoms with Crippen LogP contribution in [-0.4, -0.2) is 33.8 Å². The fourth-order valence-corrected chi connectivity index (χ4v) is 3.81. The second kappa shape index (κ2) is 8.80. The summed E-state index contributed by atoms with van der Waals surface area (Å²) in [4.78, 5) is 14.9. The second-order valence-corrected chi connectivity index (χ2v) is 7.91. The summed E-state index contributed by atoms with van der Waals surface area (Å²) >= 11 is 11.2. The fraction of sp³-hybridized carbons (Fsp3) is 0.286. The largest absolute Gasteiger partial charge is 0.372 e. The smallest absolute Gasteiger partial charge is 0.240 e. The van der Waals surface area contributed by atoms with Crippen molar-refractivity contribution in [2.75, 3.05) is 18.0 Å². The van der Waals surface area contributed by atoms with Gasteiger partial charge in [-0.3, -0.25) is 14.5 Å². The van der Waals surface area contributed by atoms with Crippen molar-refractivity contribution in [2.45, 2.75) is 25.9 Å². The first-order chi connectivity index (χ1) is 14.1. The molecule has 4 rings (SSSR count). The molecular formula is C21H22ClN5OS. The summed E-state index contributed by atoms with van der Waals surface area (Å²) in [5.41, 5.74) is 3.15. The van der Waals surface area contributed by atoms with Crippen LogP contribution < -0.4 is 10.2 Å². The van der Waals surface area contributed by atoms with E-state index >= 15 is 0 Å². The average Bonchev–Trinajstić information content (AvgIpc) is 3.39. The normalized spacial score (nSPS) is 13.6. The number of hydrogen-bond acceptors (Lipinski definition) is 4. The predicted octanol–water partition coefficient (Wildman–Crippen LogP) is 4.18. The van der Waals surface area contributed by atoms with Crippen LogP contribution in [0.5, 0.6) is 0 Å². The van der Waals surface area contributed by atoms with E-state index in [0.29, 0.717) is 22.2 Å². The van der Waals surface area contributed by atoms with Crippen LogP contribution in [0.1, 0.15) is 18.4 Å². The summed E-state index contributed by atoms with van der Waals surface area (Å²) in [5, 5.41) is 10.6. The van der Waals surface area contributed by atoms with Gasteiger partial charge >= 0.3 is 0 Å². The van der Waals surface area contributed by atoms with E-state index in [1.165, 1.54) is 18.5 Å². The van der Waals surface area contributed by atoms with Gasteiger partial charge in [-0.2, -0.15) is 5.10 Å². The zero-order valence-corrected chi connectivity index (χ0v) is 17.5. The van der Waals surface area contributed by atoms with Gasteiger partial charge in [0.15, 0.2) is 10.6 Å². The third-order valence-electron chi connectivity index (χ3n) is 5.06. The highest BCUT2D eigenvalue weighted by atomic mass is 35.5. The summed E-state index contributed by atoms with van der Waals surface area (Å²) in [6, 6.07) is 15.6. The first kappa shape index (κ1) is 19.7. The van der Waals surface area contributed by atoms with E-state index in [0.717, 1.165) is 24.2 Å². The quantitative estimate of drug-likeness (QED) is 0.579. The molecule has 2 heterocycles. The summed E-state index contributed by atoms with van der Waals surface area (Å²) in [5.74, 6) is 0.484. The molecular weight excluding hydrogens is 406 g/mol. The number of benzene rings is 2. The van der Waals surface area contributed by atoms with Crippen molar-refractivity contribution in [1.29, 1.82) is 0 Å². The number of nitrogens with one attached hydrogen (secondary N) is 2. The van der Waals surface area contributed by atoms with E-state index in [1.54, 1.807) is 16.7 Å².